The van der Waals surface area contributed by atoms with E-state index < -0.39 is 0 Å². The van der Waals surface area contributed by atoms with Crippen molar-refractivity contribution < 1.29 is 14.3 Å². The highest BCUT2D eigenvalue weighted by atomic mass is 16.5. The lowest BCUT2D eigenvalue weighted by Gasteiger charge is -2.29. The molecule has 2 rings (SSSR count). The van der Waals surface area contributed by atoms with Crippen molar-refractivity contribution in [3.8, 4) is 11.5 Å². The number of hydrogen-bond acceptors (Lipinski definition) is 4. The summed E-state index contributed by atoms with van der Waals surface area (Å²) in [7, 11) is 3.27. The van der Waals surface area contributed by atoms with Gasteiger partial charge in [-0.2, -0.15) is 0 Å². The van der Waals surface area contributed by atoms with Gasteiger partial charge in [0.1, 0.15) is 0 Å². The Bertz CT molecular complexity index is 576. The zero-order chi connectivity index (χ0) is 16.2. The Morgan fingerprint density at radius 2 is 1.86 bits per heavy atom. The lowest BCUT2D eigenvalue weighted by molar-refractivity contribution is -0.117. The molecule has 0 fully saturated rings. The molecule has 22 heavy (non-hydrogen) atoms. The van der Waals surface area contributed by atoms with Gasteiger partial charge in [-0.15, -0.1) is 0 Å². The molecule has 0 aliphatic heterocycles. The minimum absolute atomic E-state index is 0.0531. The van der Waals surface area contributed by atoms with Crippen LogP contribution in [-0.4, -0.2) is 26.5 Å². The number of nitrogens with one attached hydrogen (secondary N) is 1. The van der Waals surface area contributed by atoms with Gasteiger partial charge in [-0.3, -0.25) is 4.79 Å². The molecule has 1 aliphatic carbocycles. The molecule has 0 saturated carbocycles. The summed E-state index contributed by atoms with van der Waals surface area (Å²) in [6.07, 6.45) is 4.17. The molecule has 4 heteroatoms. The Hall–Kier alpha value is -1.97. The minimum atomic E-state index is 0.0531. The number of carbonyl (C=O) groups is 1. The zero-order valence-corrected chi connectivity index (χ0v) is 13.9. The molecular formula is C18H25NO3. The highest BCUT2D eigenvalue weighted by Gasteiger charge is 2.27. The van der Waals surface area contributed by atoms with E-state index in [0.717, 1.165) is 36.6 Å². The van der Waals surface area contributed by atoms with Gasteiger partial charge in [0.25, 0.3) is 0 Å². The lowest BCUT2D eigenvalue weighted by atomic mass is 9.79. The fourth-order valence-corrected chi connectivity index (χ4v) is 2.86. The van der Waals surface area contributed by atoms with Crippen LogP contribution >= 0.6 is 0 Å². The summed E-state index contributed by atoms with van der Waals surface area (Å²) in [5.41, 5.74) is 2.27. The Morgan fingerprint density at radius 1 is 1.14 bits per heavy atom. The van der Waals surface area contributed by atoms with Gasteiger partial charge in [-0.1, -0.05) is 19.9 Å². The van der Waals surface area contributed by atoms with E-state index >= 15 is 0 Å². The maximum absolute atomic E-state index is 11.7. The number of methoxy groups -OCH3 is 2. The fourth-order valence-electron chi connectivity index (χ4n) is 2.86. The van der Waals surface area contributed by atoms with Crippen LogP contribution in [0.25, 0.3) is 0 Å². The van der Waals surface area contributed by atoms with Crippen molar-refractivity contribution in [1.29, 1.82) is 0 Å². The van der Waals surface area contributed by atoms with Gasteiger partial charge in [0.2, 0.25) is 0 Å². The molecule has 0 unspecified atom stereocenters. The summed E-state index contributed by atoms with van der Waals surface area (Å²) < 4.78 is 10.6. The molecule has 0 atom stereocenters. The highest BCUT2D eigenvalue weighted by molar-refractivity contribution is 5.91. The average molecular weight is 303 g/mol. The van der Waals surface area contributed by atoms with Gasteiger partial charge >= 0.3 is 0 Å². The Labute approximate surface area is 132 Å². The summed E-state index contributed by atoms with van der Waals surface area (Å²) in [6.45, 7) is 5.06. The van der Waals surface area contributed by atoms with Gasteiger partial charge in [-0.25, -0.2) is 0 Å². The van der Waals surface area contributed by atoms with Crippen LogP contribution in [0.15, 0.2) is 30.0 Å². The van der Waals surface area contributed by atoms with Gasteiger partial charge in [0, 0.05) is 24.7 Å². The smallest absolute Gasteiger partial charge is 0.160 e. The first-order chi connectivity index (χ1) is 10.4. The summed E-state index contributed by atoms with van der Waals surface area (Å²) in [5.74, 6) is 1.69. The summed E-state index contributed by atoms with van der Waals surface area (Å²) in [5, 5.41) is 3.39. The average Bonchev–Trinajstić information content (AvgIpc) is 2.45. The molecule has 4 nitrogen and oxygen atoms in total. The van der Waals surface area contributed by atoms with Gasteiger partial charge in [0.05, 0.1) is 14.2 Å². The quantitative estimate of drug-likeness (QED) is 0.877. The van der Waals surface area contributed by atoms with Gasteiger partial charge in [0.15, 0.2) is 17.3 Å². The molecule has 1 aromatic carbocycles. The topological polar surface area (TPSA) is 47.6 Å². The number of benzene rings is 1. The van der Waals surface area contributed by atoms with Crippen LogP contribution in [0, 0.1) is 5.41 Å². The molecule has 0 heterocycles. The molecule has 120 valence electrons. The standard InChI is InChI=1S/C18H25NO3/c1-18(2)11-14(10-15(20)12-18)19-8-7-13-5-6-16(21-3)17(9-13)22-4/h5-6,9-10,19H,7-8,11-12H2,1-4H3. The monoisotopic (exact) mass is 303 g/mol. The van der Waals surface area contributed by atoms with Crippen LogP contribution in [0.4, 0.5) is 0 Å². The maximum Gasteiger partial charge on any atom is 0.160 e. The van der Waals surface area contributed by atoms with Crippen molar-refractivity contribution in [2.24, 2.45) is 5.41 Å². The first-order valence-corrected chi connectivity index (χ1v) is 7.62. The van der Waals surface area contributed by atoms with Gasteiger partial charge < -0.3 is 14.8 Å². The second-order valence-corrected chi connectivity index (χ2v) is 6.52. The van der Waals surface area contributed by atoms with E-state index in [4.69, 9.17) is 9.47 Å². The summed E-state index contributed by atoms with van der Waals surface area (Å²) in [4.78, 5) is 11.7. The van der Waals surface area contributed by atoms with Gasteiger partial charge in [-0.05, 0) is 36.0 Å². The predicted octanol–water partition coefficient (Wildman–Crippen LogP) is 3.11. The van der Waals surface area contributed by atoms with E-state index in [2.05, 4.69) is 19.2 Å². The minimum Gasteiger partial charge on any atom is -0.493 e. The molecule has 0 amide bonds. The fraction of sp³-hybridized carbons (Fsp3) is 0.500. The molecule has 1 N–H and O–H groups in total. The molecule has 0 bridgehead atoms. The molecule has 0 saturated heterocycles. The Morgan fingerprint density at radius 3 is 2.50 bits per heavy atom. The van der Waals surface area contributed by atoms with E-state index in [1.807, 2.05) is 18.2 Å². The van der Waals surface area contributed by atoms with Crippen LogP contribution in [-0.2, 0) is 11.2 Å². The molecule has 1 aliphatic rings. The number of rotatable bonds is 6. The Kier molecular flexibility index (Phi) is 5.11. The summed E-state index contributed by atoms with van der Waals surface area (Å²) in [6, 6.07) is 5.94. The van der Waals surface area contributed by atoms with Crippen molar-refractivity contribution in [2.75, 3.05) is 20.8 Å². The van der Waals surface area contributed by atoms with Crippen LogP contribution in [0.2, 0.25) is 0 Å². The predicted molar refractivity (Wildman–Crippen MR) is 87.4 cm³/mol. The normalized spacial score (nSPS) is 16.9. The SMILES string of the molecule is COc1ccc(CCNC2=CC(=O)CC(C)(C)C2)cc1OC. The molecule has 0 radical (unpaired) electrons. The van der Waals surface area contributed by atoms with E-state index in [-0.39, 0.29) is 11.2 Å². The molecular weight excluding hydrogens is 278 g/mol. The number of ether oxygens (including phenoxy) is 2. The third kappa shape index (κ3) is 4.26. The molecule has 1 aromatic rings. The first-order valence-electron chi connectivity index (χ1n) is 7.62. The lowest BCUT2D eigenvalue weighted by Crippen LogP contribution is -2.28. The second-order valence-electron chi connectivity index (χ2n) is 6.52. The molecule has 0 spiro atoms. The second kappa shape index (κ2) is 6.86. The van der Waals surface area contributed by atoms with Crippen molar-refractivity contribution in [2.45, 2.75) is 33.1 Å². The maximum atomic E-state index is 11.7. The van der Waals surface area contributed by atoms with E-state index in [0.29, 0.717) is 6.42 Å². The van der Waals surface area contributed by atoms with Crippen LogP contribution in [0.3, 0.4) is 0 Å². The number of carbonyl (C=O) groups excluding carboxylic acids is 1. The van der Waals surface area contributed by atoms with Crippen molar-refractivity contribution in [3.63, 3.8) is 0 Å². The van der Waals surface area contributed by atoms with Crippen LogP contribution in [0.5, 0.6) is 11.5 Å². The van der Waals surface area contributed by atoms with Crippen molar-refractivity contribution in [3.05, 3.63) is 35.5 Å². The largest absolute Gasteiger partial charge is 0.493 e. The van der Waals surface area contributed by atoms with E-state index in [9.17, 15) is 4.79 Å². The van der Waals surface area contributed by atoms with E-state index in [1.165, 1.54) is 5.56 Å². The number of hydrogen-bond donors (Lipinski definition) is 1. The third-order valence-electron chi connectivity index (χ3n) is 3.87. The number of ketones is 1. The third-order valence-corrected chi connectivity index (χ3v) is 3.87. The van der Waals surface area contributed by atoms with Crippen LogP contribution in [0.1, 0.15) is 32.3 Å². The Balaban J connectivity index is 1.93. The van der Waals surface area contributed by atoms with Crippen molar-refractivity contribution >= 4 is 5.78 Å². The number of allylic oxidation sites excluding steroid dienone is 2. The first kappa shape index (κ1) is 16.4. The van der Waals surface area contributed by atoms with Crippen LogP contribution < -0.4 is 14.8 Å². The van der Waals surface area contributed by atoms with Crippen molar-refractivity contribution in [1.82, 2.24) is 5.32 Å². The highest BCUT2D eigenvalue weighted by Crippen LogP contribution is 2.32. The van der Waals surface area contributed by atoms with E-state index in [1.54, 1.807) is 20.3 Å². The molecule has 0 aromatic heterocycles. The zero-order valence-electron chi connectivity index (χ0n) is 13.9. The summed E-state index contributed by atoms with van der Waals surface area (Å²) >= 11 is 0.